The standard InChI is InChI=1S/C17H16N2O3/c1-20-16-8-7-14(17(9-16)21-2)11-19-22-12-15-6-4-3-5-13(15)10-18/h3-9,11H,12H2,1-2H3/b19-11-. The van der Waals surface area contributed by atoms with Crippen LogP contribution in [0.1, 0.15) is 16.7 Å². The van der Waals surface area contributed by atoms with Gasteiger partial charge in [-0.05, 0) is 18.2 Å². The van der Waals surface area contributed by atoms with Gasteiger partial charge in [-0.1, -0.05) is 23.4 Å². The molecule has 0 heterocycles. The quantitative estimate of drug-likeness (QED) is 0.607. The first-order valence-electron chi connectivity index (χ1n) is 6.64. The van der Waals surface area contributed by atoms with Crippen LogP contribution in [-0.4, -0.2) is 20.4 Å². The molecule has 0 radical (unpaired) electrons. The molecule has 0 aliphatic carbocycles. The summed E-state index contributed by atoms with van der Waals surface area (Å²) in [5.41, 5.74) is 2.15. The first kappa shape index (κ1) is 15.4. The van der Waals surface area contributed by atoms with E-state index in [-0.39, 0.29) is 6.61 Å². The Morgan fingerprint density at radius 2 is 1.95 bits per heavy atom. The van der Waals surface area contributed by atoms with Crippen molar-refractivity contribution in [3.05, 3.63) is 59.2 Å². The summed E-state index contributed by atoms with van der Waals surface area (Å²) < 4.78 is 10.4. The molecule has 0 saturated carbocycles. The van der Waals surface area contributed by atoms with E-state index in [9.17, 15) is 0 Å². The van der Waals surface area contributed by atoms with E-state index in [1.54, 1.807) is 32.6 Å². The molecular weight excluding hydrogens is 280 g/mol. The maximum absolute atomic E-state index is 9.00. The number of nitrogens with zero attached hydrogens (tertiary/aromatic N) is 2. The van der Waals surface area contributed by atoms with Crippen molar-refractivity contribution in [2.75, 3.05) is 14.2 Å². The van der Waals surface area contributed by atoms with Gasteiger partial charge in [0.15, 0.2) is 0 Å². The molecule has 2 aromatic carbocycles. The summed E-state index contributed by atoms with van der Waals surface area (Å²) in [5.74, 6) is 1.35. The third-order valence-electron chi connectivity index (χ3n) is 3.06. The molecule has 0 unspecified atom stereocenters. The van der Waals surface area contributed by atoms with Crippen LogP contribution >= 0.6 is 0 Å². The zero-order chi connectivity index (χ0) is 15.8. The fourth-order valence-corrected chi connectivity index (χ4v) is 1.88. The van der Waals surface area contributed by atoms with Crippen LogP contribution in [0.3, 0.4) is 0 Å². The van der Waals surface area contributed by atoms with Gasteiger partial charge in [0.2, 0.25) is 0 Å². The number of hydrogen-bond donors (Lipinski definition) is 0. The molecule has 5 nitrogen and oxygen atoms in total. The van der Waals surface area contributed by atoms with Gasteiger partial charge in [-0.3, -0.25) is 0 Å². The van der Waals surface area contributed by atoms with Crippen molar-refractivity contribution in [2.24, 2.45) is 5.16 Å². The zero-order valence-electron chi connectivity index (χ0n) is 12.4. The monoisotopic (exact) mass is 296 g/mol. The lowest BCUT2D eigenvalue weighted by Gasteiger charge is -2.07. The molecule has 2 rings (SSSR count). The Morgan fingerprint density at radius 1 is 1.14 bits per heavy atom. The first-order valence-corrected chi connectivity index (χ1v) is 6.64. The van der Waals surface area contributed by atoms with Crippen LogP contribution in [0.15, 0.2) is 47.6 Å². The Bertz CT molecular complexity index is 705. The summed E-state index contributed by atoms with van der Waals surface area (Å²) in [4.78, 5) is 5.25. The Kier molecular flexibility index (Phi) is 5.38. The van der Waals surface area contributed by atoms with Crippen LogP contribution in [0.4, 0.5) is 0 Å². The summed E-state index contributed by atoms with van der Waals surface area (Å²) in [6, 6.07) is 14.8. The molecular formula is C17H16N2O3. The largest absolute Gasteiger partial charge is 0.497 e. The predicted octanol–water partition coefficient (Wildman–Crippen LogP) is 3.13. The molecule has 0 bridgehead atoms. The lowest BCUT2D eigenvalue weighted by Crippen LogP contribution is -1.94. The third kappa shape index (κ3) is 3.76. The van der Waals surface area contributed by atoms with Gasteiger partial charge in [-0.15, -0.1) is 0 Å². The average Bonchev–Trinajstić information content (AvgIpc) is 2.59. The minimum atomic E-state index is 0.235. The van der Waals surface area contributed by atoms with Crippen molar-refractivity contribution >= 4 is 6.21 Å². The number of nitriles is 1. The molecule has 22 heavy (non-hydrogen) atoms. The number of methoxy groups -OCH3 is 2. The Labute approximate surface area is 129 Å². The van der Waals surface area contributed by atoms with Gasteiger partial charge in [-0.25, -0.2) is 0 Å². The maximum Gasteiger partial charge on any atom is 0.143 e. The zero-order valence-corrected chi connectivity index (χ0v) is 12.4. The third-order valence-corrected chi connectivity index (χ3v) is 3.06. The molecule has 0 spiro atoms. The molecule has 0 saturated heterocycles. The summed E-state index contributed by atoms with van der Waals surface area (Å²) in [6.07, 6.45) is 1.56. The van der Waals surface area contributed by atoms with Crippen LogP contribution in [0, 0.1) is 11.3 Å². The van der Waals surface area contributed by atoms with E-state index in [1.807, 2.05) is 30.3 Å². The van der Waals surface area contributed by atoms with Crippen LogP contribution in [0.5, 0.6) is 11.5 Å². The van der Waals surface area contributed by atoms with Crippen molar-refractivity contribution in [1.82, 2.24) is 0 Å². The second-order valence-corrected chi connectivity index (χ2v) is 4.38. The normalized spacial score (nSPS) is 10.2. The number of rotatable bonds is 6. The molecule has 112 valence electrons. The number of ether oxygens (including phenoxy) is 2. The summed E-state index contributed by atoms with van der Waals surface area (Å²) >= 11 is 0. The number of oxime groups is 1. The molecule has 0 fully saturated rings. The van der Waals surface area contributed by atoms with Gasteiger partial charge >= 0.3 is 0 Å². The molecule has 0 N–H and O–H groups in total. The minimum Gasteiger partial charge on any atom is -0.497 e. The minimum absolute atomic E-state index is 0.235. The van der Waals surface area contributed by atoms with Crippen molar-refractivity contribution in [2.45, 2.75) is 6.61 Å². The molecule has 0 aliphatic heterocycles. The van der Waals surface area contributed by atoms with E-state index >= 15 is 0 Å². The lowest BCUT2D eigenvalue weighted by atomic mass is 10.1. The van der Waals surface area contributed by atoms with Gasteiger partial charge in [0.1, 0.15) is 18.1 Å². The first-order chi connectivity index (χ1) is 10.8. The molecule has 0 atom stereocenters. The highest BCUT2D eigenvalue weighted by Gasteiger charge is 2.03. The van der Waals surface area contributed by atoms with Crippen molar-refractivity contribution in [3.63, 3.8) is 0 Å². The van der Waals surface area contributed by atoms with Gasteiger partial charge in [0, 0.05) is 17.2 Å². The van der Waals surface area contributed by atoms with E-state index in [0.29, 0.717) is 17.1 Å². The molecule has 0 aromatic heterocycles. The highest BCUT2D eigenvalue weighted by molar-refractivity contribution is 5.83. The topological polar surface area (TPSA) is 63.8 Å². The van der Waals surface area contributed by atoms with Crippen LogP contribution in [-0.2, 0) is 11.4 Å². The second-order valence-electron chi connectivity index (χ2n) is 4.38. The predicted molar refractivity (Wildman–Crippen MR) is 83.1 cm³/mol. The summed E-state index contributed by atoms with van der Waals surface area (Å²) in [5, 5.41) is 12.9. The summed E-state index contributed by atoms with van der Waals surface area (Å²) in [7, 11) is 3.18. The van der Waals surface area contributed by atoms with E-state index in [4.69, 9.17) is 19.6 Å². The van der Waals surface area contributed by atoms with E-state index in [2.05, 4.69) is 11.2 Å². The van der Waals surface area contributed by atoms with Crippen molar-refractivity contribution < 1.29 is 14.3 Å². The SMILES string of the molecule is COc1ccc(/C=N\OCc2ccccc2C#N)c(OC)c1. The fraction of sp³-hybridized carbons (Fsp3) is 0.176. The smallest absolute Gasteiger partial charge is 0.143 e. The highest BCUT2D eigenvalue weighted by atomic mass is 16.6. The van der Waals surface area contributed by atoms with Crippen LogP contribution < -0.4 is 9.47 Å². The second kappa shape index (κ2) is 7.70. The number of benzene rings is 2. The van der Waals surface area contributed by atoms with E-state index in [1.165, 1.54) is 0 Å². The average molecular weight is 296 g/mol. The number of hydrogen-bond acceptors (Lipinski definition) is 5. The Balaban J connectivity index is 2.03. The highest BCUT2D eigenvalue weighted by Crippen LogP contribution is 2.23. The molecule has 0 amide bonds. The Morgan fingerprint density at radius 3 is 2.68 bits per heavy atom. The molecule has 5 heteroatoms. The Hall–Kier alpha value is -3.00. The maximum atomic E-state index is 9.00. The van der Waals surface area contributed by atoms with E-state index in [0.717, 1.165) is 11.1 Å². The van der Waals surface area contributed by atoms with E-state index < -0.39 is 0 Å². The van der Waals surface area contributed by atoms with Crippen LogP contribution in [0.25, 0.3) is 0 Å². The van der Waals surface area contributed by atoms with Crippen molar-refractivity contribution in [3.8, 4) is 17.6 Å². The fourth-order valence-electron chi connectivity index (χ4n) is 1.88. The van der Waals surface area contributed by atoms with Crippen molar-refractivity contribution in [1.29, 1.82) is 5.26 Å². The molecule has 0 aliphatic rings. The molecule has 2 aromatic rings. The summed E-state index contributed by atoms with van der Waals surface area (Å²) in [6.45, 7) is 0.235. The lowest BCUT2D eigenvalue weighted by molar-refractivity contribution is 0.132. The van der Waals surface area contributed by atoms with Crippen LogP contribution in [0.2, 0.25) is 0 Å². The van der Waals surface area contributed by atoms with Gasteiger partial charge < -0.3 is 14.3 Å². The van der Waals surface area contributed by atoms with Gasteiger partial charge in [-0.2, -0.15) is 5.26 Å². The van der Waals surface area contributed by atoms with Gasteiger partial charge in [0.25, 0.3) is 0 Å². The van der Waals surface area contributed by atoms with Gasteiger partial charge in [0.05, 0.1) is 32.1 Å².